The van der Waals surface area contributed by atoms with Crippen LogP contribution in [-0.2, 0) is 13.0 Å². The van der Waals surface area contributed by atoms with Crippen LogP contribution in [0.2, 0.25) is 0 Å². The maximum Gasteiger partial charge on any atom is 0.0419 e. The highest BCUT2D eigenvalue weighted by Crippen LogP contribution is 2.32. The Labute approximate surface area is 123 Å². The number of likely N-dealkylation sites (tertiary alicyclic amines) is 1. The number of nitrogens with one attached hydrogen (secondary N) is 1. The summed E-state index contributed by atoms with van der Waals surface area (Å²) in [6, 6.07) is 6.77. The first-order valence-corrected chi connectivity index (χ1v) is 7.21. The minimum absolute atomic E-state index is 0. The van der Waals surface area contributed by atoms with Crippen molar-refractivity contribution >= 4 is 18.1 Å². The van der Waals surface area contributed by atoms with Gasteiger partial charge in [0.25, 0.3) is 0 Å². The van der Waals surface area contributed by atoms with Crippen molar-refractivity contribution in [2.45, 2.75) is 39.7 Å². The van der Waals surface area contributed by atoms with Gasteiger partial charge in [-0.15, -0.1) is 12.4 Å². The maximum atomic E-state index is 3.55. The van der Waals surface area contributed by atoms with E-state index in [4.69, 9.17) is 0 Å². The molecule has 1 aromatic carbocycles. The normalized spacial score (nSPS) is 21.4. The Hall–Kier alpha value is -0.730. The Morgan fingerprint density at radius 2 is 1.95 bits per heavy atom. The third-order valence-corrected chi connectivity index (χ3v) is 4.54. The first kappa shape index (κ1) is 14.7. The first-order chi connectivity index (χ1) is 8.64. The third kappa shape index (κ3) is 3.24. The quantitative estimate of drug-likeness (QED) is 0.889. The van der Waals surface area contributed by atoms with Crippen LogP contribution < -0.4 is 5.32 Å². The predicted octanol–water partition coefficient (Wildman–Crippen LogP) is 3.70. The van der Waals surface area contributed by atoms with E-state index in [1.165, 1.54) is 49.2 Å². The number of nitrogens with zero attached hydrogens (tertiary/aromatic N) is 1. The number of para-hydroxylation sites is 1. The topological polar surface area (TPSA) is 15.3 Å². The van der Waals surface area contributed by atoms with Gasteiger partial charge in [-0.3, -0.25) is 4.90 Å². The Balaban J connectivity index is 0.00000133. The lowest BCUT2D eigenvalue weighted by molar-refractivity contribution is 0.127. The van der Waals surface area contributed by atoms with E-state index in [1.807, 2.05) is 0 Å². The number of benzene rings is 1. The molecule has 0 radical (unpaired) electrons. The molecule has 2 heterocycles. The fraction of sp³-hybridized carbons (Fsp3) is 0.625. The van der Waals surface area contributed by atoms with Gasteiger partial charge in [-0.1, -0.05) is 32.0 Å². The molecule has 0 bridgehead atoms. The highest BCUT2D eigenvalue weighted by atomic mass is 35.5. The number of rotatable bonds is 2. The smallest absolute Gasteiger partial charge is 0.0419 e. The van der Waals surface area contributed by atoms with Crippen molar-refractivity contribution in [2.75, 3.05) is 25.0 Å². The molecule has 0 aromatic heterocycles. The molecule has 106 valence electrons. The molecule has 3 heteroatoms. The average Bonchev–Trinajstić information content (AvgIpc) is 2.81. The van der Waals surface area contributed by atoms with Gasteiger partial charge >= 0.3 is 0 Å². The van der Waals surface area contributed by atoms with Gasteiger partial charge in [0.05, 0.1) is 0 Å². The highest BCUT2D eigenvalue weighted by Gasteiger charge is 2.26. The number of halogens is 1. The molecule has 0 aliphatic carbocycles. The van der Waals surface area contributed by atoms with Crippen molar-refractivity contribution in [3.63, 3.8) is 0 Å². The van der Waals surface area contributed by atoms with Crippen molar-refractivity contribution in [2.24, 2.45) is 5.41 Å². The summed E-state index contributed by atoms with van der Waals surface area (Å²) in [6.07, 6.45) is 3.85. The molecule has 1 aromatic rings. The van der Waals surface area contributed by atoms with Crippen molar-refractivity contribution in [3.05, 3.63) is 29.3 Å². The Bertz CT molecular complexity index is 432. The van der Waals surface area contributed by atoms with Gasteiger partial charge in [-0.2, -0.15) is 0 Å². The summed E-state index contributed by atoms with van der Waals surface area (Å²) in [5.41, 5.74) is 4.96. The van der Waals surface area contributed by atoms with E-state index in [0.29, 0.717) is 5.41 Å². The van der Waals surface area contributed by atoms with Gasteiger partial charge in [0, 0.05) is 18.8 Å². The van der Waals surface area contributed by atoms with Gasteiger partial charge in [0.15, 0.2) is 0 Å². The van der Waals surface area contributed by atoms with Crippen LogP contribution >= 0.6 is 12.4 Å². The van der Waals surface area contributed by atoms with E-state index in [0.717, 1.165) is 13.1 Å². The zero-order valence-corrected chi connectivity index (χ0v) is 12.9. The van der Waals surface area contributed by atoms with E-state index < -0.39 is 0 Å². The van der Waals surface area contributed by atoms with Crippen LogP contribution in [0, 0.1) is 5.41 Å². The number of hydrogen-bond donors (Lipinski definition) is 1. The molecule has 0 atom stereocenters. The fourth-order valence-corrected chi connectivity index (χ4v) is 3.10. The summed E-state index contributed by atoms with van der Waals surface area (Å²) in [5.74, 6) is 0. The minimum atomic E-state index is 0. The van der Waals surface area contributed by atoms with Crippen molar-refractivity contribution in [1.29, 1.82) is 0 Å². The predicted molar refractivity (Wildman–Crippen MR) is 84.2 cm³/mol. The van der Waals surface area contributed by atoms with Crippen LogP contribution in [-0.4, -0.2) is 24.5 Å². The minimum Gasteiger partial charge on any atom is -0.384 e. The van der Waals surface area contributed by atoms with E-state index in [1.54, 1.807) is 0 Å². The Morgan fingerprint density at radius 1 is 1.21 bits per heavy atom. The molecule has 0 saturated carbocycles. The fourth-order valence-electron chi connectivity index (χ4n) is 3.10. The molecule has 2 nitrogen and oxygen atoms in total. The number of fused-ring (bicyclic) bond motifs is 1. The molecule has 1 saturated heterocycles. The maximum absolute atomic E-state index is 3.55. The molecule has 2 aliphatic heterocycles. The number of anilines is 1. The summed E-state index contributed by atoms with van der Waals surface area (Å²) in [5, 5.41) is 3.55. The molecule has 19 heavy (non-hydrogen) atoms. The average molecular weight is 281 g/mol. The summed E-state index contributed by atoms with van der Waals surface area (Å²) in [6.45, 7) is 9.51. The first-order valence-electron chi connectivity index (χ1n) is 7.21. The van der Waals surface area contributed by atoms with Gasteiger partial charge in [-0.25, -0.2) is 0 Å². The SMILES string of the molecule is CC1(C)CCN(Cc2cccc3c2NCC3)CC1.Cl. The second kappa shape index (κ2) is 5.72. The number of piperidine rings is 1. The van der Waals surface area contributed by atoms with E-state index in [-0.39, 0.29) is 12.4 Å². The molecule has 0 spiro atoms. The van der Waals surface area contributed by atoms with E-state index in [2.05, 4.69) is 42.3 Å². The van der Waals surface area contributed by atoms with Crippen molar-refractivity contribution in [3.8, 4) is 0 Å². The zero-order valence-electron chi connectivity index (χ0n) is 12.0. The molecule has 3 rings (SSSR count). The van der Waals surface area contributed by atoms with Crippen LogP contribution in [0.4, 0.5) is 5.69 Å². The molecular weight excluding hydrogens is 256 g/mol. The Kier molecular flexibility index (Phi) is 4.42. The molecule has 0 unspecified atom stereocenters. The van der Waals surface area contributed by atoms with E-state index in [9.17, 15) is 0 Å². The zero-order chi connectivity index (χ0) is 12.6. The van der Waals surface area contributed by atoms with Gasteiger partial charge in [0.1, 0.15) is 0 Å². The molecular formula is C16H25ClN2. The largest absolute Gasteiger partial charge is 0.384 e. The third-order valence-electron chi connectivity index (χ3n) is 4.54. The summed E-state index contributed by atoms with van der Waals surface area (Å²) in [7, 11) is 0. The second-order valence-electron chi connectivity index (χ2n) is 6.57. The second-order valence-corrected chi connectivity index (χ2v) is 6.57. The summed E-state index contributed by atoms with van der Waals surface area (Å²) in [4.78, 5) is 2.61. The molecule has 1 fully saturated rings. The lowest BCUT2D eigenvalue weighted by Crippen LogP contribution is -2.36. The van der Waals surface area contributed by atoms with Crippen LogP contribution in [0.5, 0.6) is 0 Å². The summed E-state index contributed by atoms with van der Waals surface area (Å²) >= 11 is 0. The number of hydrogen-bond acceptors (Lipinski definition) is 2. The lowest BCUT2D eigenvalue weighted by Gasteiger charge is -2.37. The lowest BCUT2D eigenvalue weighted by atomic mass is 9.82. The molecule has 0 amide bonds. The van der Waals surface area contributed by atoms with Crippen LogP contribution in [0.15, 0.2) is 18.2 Å². The molecule has 1 N–H and O–H groups in total. The van der Waals surface area contributed by atoms with Crippen LogP contribution in [0.25, 0.3) is 0 Å². The van der Waals surface area contributed by atoms with Gasteiger partial charge in [-0.05, 0) is 48.9 Å². The van der Waals surface area contributed by atoms with Gasteiger partial charge in [0.2, 0.25) is 0 Å². The highest BCUT2D eigenvalue weighted by molar-refractivity contribution is 5.85. The Morgan fingerprint density at radius 3 is 2.68 bits per heavy atom. The van der Waals surface area contributed by atoms with Gasteiger partial charge < -0.3 is 5.32 Å². The van der Waals surface area contributed by atoms with Crippen molar-refractivity contribution < 1.29 is 0 Å². The van der Waals surface area contributed by atoms with Crippen LogP contribution in [0.3, 0.4) is 0 Å². The van der Waals surface area contributed by atoms with E-state index >= 15 is 0 Å². The summed E-state index contributed by atoms with van der Waals surface area (Å²) < 4.78 is 0. The monoisotopic (exact) mass is 280 g/mol. The van der Waals surface area contributed by atoms with Crippen molar-refractivity contribution in [1.82, 2.24) is 4.90 Å². The van der Waals surface area contributed by atoms with Crippen LogP contribution in [0.1, 0.15) is 37.8 Å². The standard InChI is InChI=1S/C16H24N2.ClH/c1-16(2)7-10-18(11-8-16)12-14-5-3-4-13-6-9-17-15(13)14;/h3-5,17H,6-12H2,1-2H3;1H. The molecule has 2 aliphatic rings.